The molecule has 56 heavy (non-hydrogen) atoms. The number of carbonyl (C=O) groups is 7. The zero-order valence-electron chi connectivity index (χ0n) is 33.3. The van der Waals surface area contributed by atoms with Crippen molar-refractivity contribution in [2.45, 2.75) is 91.9 Å². The minimum absolute atomic E-state index is 0.0333. The van der Waals surface area contributed by atoms with Crippen LogP contribution in [0, 0.1) is 27.9 Å². The Morgan fingerprint density at radius 3 is 1.68 bits per heavy atom. The highest BCUT2D eigenvalue weighted by molar-refractivity contribution is 6.27. The fraction of sp³-hybridized carbons (Fsp3) is 0.525. The highest BCUT2D eigenvalue weighted by Crippen LogP contribution is 2.23. The lowest BCUT2D eigenvalue weighted by Crippen LogP contribution is -2.43. The first-order chi connectivity index (χ1) is 26.6. The molecule has 0 saturated carbocycles. The van der Waals surface area contributed by atoms with Gasteiger partial charge in [-0.05, 0) is 64.5 Å². The molecule has 0 fully saturated rings. The van der Waals surface area contributed by atoms with E-state index in [0.29, 0.717) is 31.2 Å². The van der Waals surface area contributed by atoms with E-state index in [2.05, 4.69) is 23.8 Å². The van der Waals surface area contributed by atoms with Crippen LogP contribution in [0.5, 0.6) is 0 Å². The molecule has 16 heteroatoms. The topological polar surface area (TPSA) is 209 Å². The van der Waals surface area contributed by atoms with E-state index >= 15 is 0 Å². The van der Waals surface area contributed by atoms with Gasteiger partial charge in [-0.1, -0.05) is 56.3 Å². The maximum absolute atomic E-state index is 12.1. The molecule has 0 aliphatic heterocycles. The number of benzene rings is 2. The van der Waals surface area contributed by atoms with Gasteiger partial charge in [-0.3, -0.25) is 29.3 Å². The summed E-state index contributed by atoms with van der Waals surface area (Å²) in [6, 6.07) is 16.3. The summed E-state index contributed by atoms with van der Waals surface area (Å²) in [5, 5.41) is 9.74. The van der Waals surface area contributed by atoms with Crippen molar-refractivity contribution < 1.29 is 62.2 Å². The Labute approximate surface area is 333 Å². The standard InChI is InChI=1S/C14H24O7.C12H16O.C9H8ClNO3.C5H8O3/c1-5-18-12(16)10(9-15)11(13(17)19-6-2)14(20-7-3)21-8-4;1-10(9-13)8-11(2)12-6-4-3-5-7-12;10-8(6-12)5-7-1-3-9(4-2-7)11(13)14;1-4(3-6)8-5(2)7/h9-11,14H,5-8H2,1-4H3;3-7,9-11H,8H2,1-2H3;1-4,6,8H,5H2;3-4H,1-2H3. The highest BCUT2D eigenvalue weighted by atomic mass is 35.5. The molecule has 15 nitrogen and oxygen atoms in total. The summed E-state index contributed by atoms with van der Waals surface area (Å²) >= 11 is 5.60. The predicted octanol–water partition coefficient (Wildman–Crippen LogP) is 6.04. The lowest BCUT2D eigenvalue weighted by Gasteiger charge is -2.27. The largest absolute Gasteiger partial charge is 0.466 e. The van der Waals surface area contributed by atoms with Gasteiger partial charge in [0.1, 0.15) is 30.7 Å². The van der Waals surface area contributed by atoms with E-state index in [1.807, 2.05) is 25.1 Å². The number of aldehydes is 4. The van der Waals surface area contributed by atoms with Gasteiger partial charge in [0.15, 0.2) is 18.7 Å². The second-order valence-electron chi connectivity index (χ2n) is 11.9. The van der Waals surface area contributed by atoms with Crippen LogP contribution < -0.4 is 0 Å². The number of esters is 3. The van der Waals surface area contributed by atoms with Crippen molar-refractivity contribution in [3.8, 4) is 0 Å². The molecule has 2 rings (SSSR count). The van der Waals surface area contributed by atoms with Crippen molar-refractivity contribution in [3.05, 3.63) is 75.8 Å². The molecule has 0 saturated heterocycles. The second-order valence-corrected chi connectivity index (χ2v) is 12.4. The van der Waals surface area contributed by atoms with E-state index in [-0.39, 0.29) is 38.0 Å². The third-order valence-corrected chi connectivity index (χ3v) is 7.46. The Bertz CT molecular complexity index is 1430. The summed E-state index contributed by atoms with van der Waals surface area (Å²) in [5.74, 6) is -3.83. The third kappa shape index (κ3) is 23.8. The van der Waals surface area contributed by atoms with E-state index in [9.17, 15) is 43.7 Å². The SMILES string of the molecule is CC(=O)OC(C)C=O.CC(C=O)CC(C)c1ccccc1.CCOC(=O)C(C=O)C(C(=O)OCC)C(OCC)OCC.O=CC(Cl)Cc1ccc([N+](=O)[O-])cc1. The fourth-order valence-electron chi connectivity index (χ4n) is 4.62. The number of non-ortho nitro benzene ring substituents is 1. The Balaban J connectivity index is 0. The Kier molecular flexibility index (Phi) is 30.8. The fourth-order valence-corrected chi connectivity index (χ4v) is 4.80. The maximum Gasteiger partial charge on any atom is 0.317 e. The molecule has 0 bridgehead atoms. The quantitative estimate of drug-likeness (QED) is 0.0206. The van der Waals surface area contributed by atoms with Gasteiger partial charge in [0.05, 0.1) is 23.5 Å². The van der Waals surface area contributed by atoms with E-state index in [1.165, 1.54) is 31.5 Å². The van der Waals surface area contributed by atoms with Gasteiger partial charge in [-0.15, -0.1) is 11.6 Å². The summed E-state index contributed by atoms with van der Waals surface area (Å²) < 4.78 is 24.8. The molecule has 0 heterocycles. The van der Waals surface area contributed by atoms with E-state index in [0.717, 1.165) is 18.3 Å². The van der Waals surface area contributed by atoms with Gasteiger partial charge in [-0.2, -0.15) is 0 Å². The molecule has 0 aliphatic carbocycles. The number of nitro groups is 1. The van der Waals surface area contributed by atoms with E-state index < -0.39 is 52.4 Å². The summed E-state index contributed by atoms with van der Waals surface area (Å²) in [6.07, 6.45) is 2.29. The lowest BCUT2D eigenvalue weighted by molar-refractivity contribution is -0.384. The first kappa shape index (κ1) is 53.2. The van der Waals surface area contributed by atoms with Crippen LogP contribution in [0.25, 0.3) is 0 Å². The lowest BCUT2D eigenvalue weighted by atomic mass is 9.92. The summed E-state index contributed by atoms with van der Waals surface area (Å²) in [6.45, 7) is 14.3. The molecule has 0 aromatic heterocycles. The van der Waals surface area contributed by atoms with Crippen LogP contribution in [0.1, 0.15) is 78.9 Å². The number of rotatable bonds is 21. The number of hydrogen-bond donors (Lipinski definition) is 0. The average Bonchev–Trinajstić information content (AvgIpc) is 3.17. The molecule has 6 unspecified atom stereocenters. The van der Waals surface area contributed by atoms with Gasteiger partial charge in [-0.25, -0.2) is 0 Å². The number of ether oxygens (including phenoxy) is 5. The maximum atomic E-state index is 12.1. The van der Waals surface area contributed by atoms with Crippen molar-refractivity contribution in [1.29, 1.82) is 0 Å². The molecule has 0 amide bonds. The second kappa shape index (κ2) is 32.4. The van der Waals surface area contributed by atoms with E-state index in [4.69, 9.17) is 30.5 Å². The van der Waals surface area contributed by atoms with E-state index in [1.54, 1.807) is 39.8 Å². The Morgan fingerprint density at radius 2 is 1.29 bits per heavy atom. The molecule has 2 aromatic rings. The van der Waals surface area contributed by atoms with Crippen LogP contribution in [-0.4, -0.2) is 92.2 Å². The zero-order valence-corrected chi connectivity index (χ0v) is 34.1. The van der Waals surface area contributed by atoms with Crippen LogP contribution in [0.4, 0.5) is 5.69 Å². The number of carbonyl (C=O) groups excluding carboxylic acids is 7. The van der Waals surface area contributed by atoms with Crippen molar-refractivity contribution in [3.63, 3.8) is 0 Å². The van der Waals surface area contributed by atoms with Gasteiger partial charge < -0.3 is 38.1 Å². The molecule has 0 radical (unpaired) electrons. The van der Waals surface area contributed by atoms with Crippen molar-refractivity contribution in [2.24, 2.45) is 17.8 Å². The van der Waals surface area contributed by atoms with Crippen molar-refractivity contribution >= 4 is 60.3 Å². The van der Waals surface area contributed by atoms with Crippen molar-refractivity contribution in [2.75, 3.05) is 26.4 Å². The van der Waals surface area contributed by atoms with Crippen LogP contribution in [-0.2, 0) is 63.7 Å². The predicted molar refractivity (Wildman–Crippen MR) is 208 cm³/mol. The molecule has 6 atom stereocenters. The van der Waals surface area contributed by atoms with Crippen LogP contribution in [0.15, 0.2) is 54.6 Å². The number of halogens is 1. The summed E-state index contributed by atoms with van der Waals surface area (Å²) in [5.41, 5.74) is 2.16. The van der Waals surface area contributed by atoms with Crippen LogP contribution >= 0.6 is 11.6 Å². The monoisotopic (exact) mass is 809 g/mol. The highest BCUT2D eigenvalue weighted by Gasteiger charge is 2.43. The molecule has 2 aromatic carbocycles. The molecule has 0 N–H and O–H groups in total. The van der Waals surface area contributed by atoms with Crippen LogP contribution in [0.2, 0.25) is 0 Å². The summed E-state index contributed by atoms with van der Waals surface area (Å²) in [7, 11) is 0. The van der Waals surface area contributed by atoms with Gasteiger partial charge in [0.25, 0.3) is 5.69 Å². The third-order valence-electron chi connectivity index (χ3n) is 7.20. The van der Waals surface area contributed by atoms with Gasteiger partial charge in [0, 0.05) is 38.2 Å². The Hall–Kier alpha value is -4.86. The van der Waals surface area contributed by atoms with Gasteiger partial charge >= 0.3 is 17.9 Å². The first-order valence-electron chi connectivity index (χ1n) is 18.1. The van der Waals surface area contributed by atoms with Crippen molar-refractivity contribution in [1.82, 2.24) is 0 Å². The molecular formula is C40H56ClNO14. The normalized spacial score (nSPS) is 13.3. The Morgan fingerprint density at radius 1 is 0.750 bits per heavy atom. The number of hydrogen-bond acceptors (Lipinski definition) is 14. The van der Waals surface area contributed by atoms with Gasteiger partial charge in [0.2, 0.25) is 0 Å². The number of alkyl halides is 1. The smallest absolute Gasteiger partial charge is 0.317 e. The summed E-state index contributed by atoms with van der Waals surface area (Å²) in [4.78, 5) is 85.6. The minimum Gasteiger partial charge on any atom is -0.466 e. The first-order valence-corrected chi connectivity index (χ1v) is 18.5. The minimum atomic E-state index is -1.33. The molecular weight excluding hydrogens is 754 g/mol. The molecule has 0 spiro atoms. The zero-order chi connectivity index (χ0) is 43.1. The van der Waals surface area contributed by atoms with Crippen LogP contribution in [0.3, 0.4) is 0 Å². The number of nitrogens with zero attached hydrogens (tertiary/aromatic N) is 1. The molecule has 312 valence electrons. The average molecular weight is 810 g/mol. The number of nitro benzene ring substituents is 1. The molecule has 0 aliphatic rings.